The van der Waals surface area contributed by atoms with E-state index in [-0.39, 0.29) is 105 Å². The van der Waals surface area contributed by atoms with Gasteiger partial charge in [0.25, 0.3) is 0 Å². The molecule has 0 spiro atoms. The fourth-order valence-corrected chi connectivity index (χ4v) is 0. The molecule has 0 heterocycles. The van der Waals surface area contributed by atoms with Gasteiger partial charge in [0.2, 0.25) is 0 Å². The van der Waals surface area contributed by atoms with Crippen LogP contribution < -0.4 is 0 Å². The molecular formula is H4BaO2Sr. The van der Waals surface area contributed by atoms with Crippen LogP contribution in [-0.2, 0) is 0 Å². The van der Waals surface area contributed by atoms with Crippen molar-refractivity contribution >= 4 is 94.4 Å². The van der Waals surface area contributed by atoms with Crippen molar-refractivity contribution in [2.24, 2.45) is 0 Å². The Morgan fingerprint density at radius 3 is 0.750 bits per heavy atom. The molecule has 0 amide bonds. The van der Waals surface area contributed by atoms with E-state index in [0.717, 1.165) is 0 Å². The van der Waals surface area contributed by atoms with Crippen molar-refractivity contribution < 1.29 is 11.0 Å². The number of rotatable bonds is 0. The van der Waals surface area contributed by atoms with Gasteiger partial charge in [-0.1, -0.05) is 0 Å². The Hall–Kier alpha value is 2.97. The van der Waals surface area contributed by atoms with Crippen molar-refractivity contribution in [3.63, 3.8) is 0 Å². The molecule has 0 radical (unpaired) electrons. The van der Waals surface area contributed by atoms with Gasteiger partial charge in [0, 0.05) is 0 Å². The van der Waals surface area contributed by atoms with E-state index in [0.29, 0.717) is 0 Å². The van der Waals surface area contributed by atoms with Gasteiger partial charge in [0.1, 0.15) is 0 Å². The van der Waals surface area contributed by atoms with Crippen LogP contribution in [0.4, 0.5) is 0 Å². The van der Waals surface area contributed by atoms with Gasteiger partial charge in [-0.3, -0.25) is 0 Å². The second-order valence-corrected chi connectivity index (χ2v) is 0. The second-order valence-electron chi connectivity index (χ2n) is 0. The maximum absolute atomic E-state index is 0. The van der Waals surface area contributed by atoms with E-state index in [1.54, 1.807) is 0 Å². The zero-order chi connectivity index (χ0) is 0. The average molecular weight is 261 g/mol. The van der Waals surface area contributed by atoms with Crippen molar-refractivity contribution in [2.75, 3.05) is 0 Å². The van der Waals surface area contributed by atoms with Gasteiger partial charge in [-0.25, -0.2) is 0 Å². The van der Waals surface area contributed by atoms with Crippen molar-refractivity contribution in [3.8, 4) is 0 Å². The van der Waals surface area contributed by atoms with Gasteiger partial charge < -0.3 is 11.0 Å². The molecule has 0 aromatic heterocycles. The molecule has 0 aliphatic heterocycles. The summed E-state index contributed by atoms with van der Waals surface area (Å²) >= 11 is 0. The Kier molecular flexibility index (Phi) is 118. The molecule has 0 aliphatic rings. The molecule has 0 bridgehead atoms. The molecule has 0 aromatic rings. The topological polar surface area (TPSA) is 60.0 Å². The van der Waals surface area contributed by atoms with Crippen molar-refractivity contribution in [2.45, 2.75) is 0 Å². The van der Waals surface area contributed by atoms with E-state index in [1.165, 1.54) is 0 Å². The molecule has 0 atom stereocenters. The molecule has 0 saturated heterocycles. The molecule has 0 unspecified atom stereocenters. The first-order valence-corrected chi connectivity index (χ1v) is 0. The normalized spacial score (nSPS) is 0. The van der Waals surface area contributed by atoms with Gasteiger partial charge in [0.15, 0.2) is 0 Å². The molecule has 20 valence electrons. The quantitative estimate of drug-likeness (QED) is 0.490. The van der Waals surface area contributed by atoms with E-state index in [1.807, 2.05) is 0 Å². The van der Waals surface area contributed by atoms with Crippen molar-refractivity contribution in [3.05, 3.63) is 0 Å². The summed E-state index contributed by atoms with van der Waals surface area (Å²) in [5, 5.41) is 0. The summed E-state index contributed by atoms with van der Waals surface area (Å²) in [5.41, 5.74) is 0. The number of hydrogen-bond acceptors (Lipinski definition) is 2. The minimum atomic E-state index is 0. The van der Waals surface area contributed by atoms with Gasteiger partial charge in [-0.2, -0.15) is 0 Å². The Morgan fingerprint density at radius 1 is 0.750 bits per heavy atom. The molecule has 2 N–H and O–H groups in total. The Morgan fingerprint density at radius 2 is 0.750 bits per heavy atom. The van der Waals surface area contributed by atoms with Crippen LogP contribution in [0.2, 0.25) is 0 Å². The molecule has 0 aromatic carbocycles. The third-order valence-corrected chi connectivity index (χ3v) is 0. The van der Waals surface area contributed by atoms with E-state index in [9.17, 15) is 0 Å². The van der Waals surface area contributed by atoms with E-state index < -0.39 is 0 Å². The Bertz CT molecular complexity index is 6.00. The van der Waals surface area contributed by atoms with Crippen LogP contribution in [0, 0.1) is 0 Å². The summed E-state index contributed by atoms with van der Waals surface area (Å²) in [4.78, 5) is 0. The maximum atomic E-state index is 0. The minimum absolute atomic E-state index is 0. The van der Waals surface area contributed by atoms with Crippen molar-refractivity contribution in [1.29, 1.82) is 0 Å². The third-order valence-electron chi connectivity index (χ3n) is 0. The van der Waals surface area contributed by atoms with Crippen LogP contribution in [-0.4, -0.2) is 105 Å². The van der Waals surface area contributed by atoms with Crippen LogP contribution in [0.3, 0.4) is 0 Å². The molecule has 0 aliphatic carbocycles. The van der Waals surface area contributed by atoms with Crippen LogP contribution in [0.25, 0.3) is 0 Å². The molecule has 0 saturated carbocycles. The predicted molar refractivity (Wildman–Crippen MR) is 18.2 cm³/mol. The van der Waals surface area contributed by atoms with E-state index in [4.69, 9.17) is 0 Å². The summed E-state index contributed by atoms with van der Waals surface area (Å²) in [7, 11) is 0. The third kappa shape index (κ3) is 8.88. The monoisotopic (exact) mass is 262 g/mol. The molecule has 0 rings (SSSR count). The Labute approximate surface area is 102 Å². The van der Waals surface area contributed by atoms with E-state index in [2.05, 4.69) is 0 Å². The van der Waals surface area contributed by atoms with Crippen molar-refractivity contribution in [1.82, 2.24) is 0 Å². The fourth-order valence-electron chi connectivity index (χ4n) is 0. The predicted octanol–water partition coefficient (Wildman–Crippen LogP) is -1.65. The summed E-state index contributed by atoms with van der Waals surface area (Å²) in [6, 6.07) is 0. The van der Waals surface area contributed by atoms with Gasteiger partial charge in [-0.15, -0.1) is 0 Å². The van der Waals surface area contributed by atoms with Crippen LogP contribution >= 0.6 is 0 Å². The first kappa shape index (κ1) is 28.2. The fraction of sp³-hybridized carbons (Fsp3) is 0. The van der Waals surface area contributed by atoms with Gasteiger partial charge in [0.05, 0.1) is 0 Å². The SMILES string of the molecule is [Ba+2].[OH-].[OH-].[SrH2]. The number of hydrogen-bond donors (Lipinski definition) is 0. The summed E-state index contributed by atoms with van der Waals surface area (Å²) in [6.45, 7) is 0. The van der Waals surface area contributed by atoms with Gasteiger partial charge >= 0.3 is 94.4 Å². The molecule has 0 fully saturated rings. The Balaban J connectivity index is 0. The van der Waals surface area contributed by atoms with E-state index >= 15 is 0 Å². The first-order chi connectivity index (χ1) is 0. The first-order valence-electron chi connectivity index (χ1n) is 0. The zero-order valence-electron chi connectivity index (χ0n) is 1.60. The molecule has 4 heavy (non-hydrogen) atoms. The molecule has 4 heteroatoms. The summed E-state index contributed by atoms with van der Waals surface area (Å²) in [5.74, 6) is 0. The van der Waals surface area contributed by atoms with Crippen LogP contribution in [0.15, 0.2) is 0 Å². The molecular weight excluding hydrogens is 257 g/mol. The second kappa shape index (κ2) is 16.7. The average Bonchev–Trinajstić information content (AvgIpc) is 0. The van der Waals surface area contributed by atoms with Gasteiger partial charge in [-0.05, 0) is 0 Å². The summed E-state index contributed by atoms with van der Waals surface area (Å²) in [6.07, 6.45) is 0. The zero-order valence-corrected chi connectivity index (χ0v) is 6.04. The standard InChI is InChI=1S/Ba.2H2O.Sr.2H/h;2*1H2;;;/q+2;;;;;/p-2. The molecule has 2 nitrogen and oxygen atoms in total. The van der Waals surface area contributed by atoms with Crippen LogP contribution in [0.1, 0.15) is 0 Å². The van der Waals surface area contributed by atoms with Crippen LogP contribution in [0.5, 0.6) is 0 Å². The summed E-state index contributed by atoms with van der Waals surface area (Å²) < 4.78 is 0.